The number of hydrogen-bond acceptors (Lipinski definition) is 6. The van der Waals surface area contributed by atoms with Gasteiger partial charge in [-0.15, -0.1) is 0 Å². The van der Waals surface area contributed by atoms with Crippen LogP contribution < -0.4 is 15.9 Å². The molecule has 156 valence electrons. The molecule has 0 saturated carbocycles. The first kappa shape index (κ1) is 20.9. The molecule has 0 aliphatic rings. The first-order valence-corrected chi connectivity index (χ1v) is 12.5. The van der Waals surface area contributed by atoms with Crippen molar-refractivity contribution >= 4 is 58.1 Å². The van der Waals surface area contributed by atoms with Crippen LogP contribution in [0.5, 0.6) is 0 Å². The molecule has 2 aromatic carbocycles. The zero-order valence-electron chi connectivity index (χ0n) is 17.2. The van der Waals surface area contributed by atoms with Crippen molar-refractivity contribution < 1.29 is 4.57 Å². The Morgan fingerprint density at radius 2 is 1.90 bits per heavy atom. The number of hydrogen-bond donors (Lipinski definition) is 3. The van der Waals surface area contributed by atoms with Crippen molar-refractivity contribution in [2.24, 2.45) is 0 Å². The van der Waals surface area contributed by atoms with E-state index < -0.39 is 7.14 Å². The quantitative estimate of drug-likeness (QED) is 0.345. The summed E-state index contributed by atoms with van der Waals surface area (Å²) in [6, 6.07) is 13.4. The third-order valence-corrected chi connectivity index (χ3v) is 6.72. The lowest BCUT2D eigenvalue weighted by Gasteiger charge is -2.16. The lowest BCUT2D eigenvalue weighted by atomic mass is 10.1. The molecule has 7 nitrogen and oxygen atoms in total. The summed E-state index contributed by atoms with van der Waals surface area (Å²) in [6.07, 6.45) is 3.18. The second-order valence-electron chi connectivity index (χ2n) is 7.50. The molecule has 0 aliphatic heterocycles. The van der Waals surface area contributed by atoms with Gasteiger partial charge in [0.15, 0.2) is 5.82 Å². The zero-order chi connectivity index (χ0) is 22.2. The zero-order valence-corrected chi connectivity index (χ0v) is 18.8. The van der Waals surface area contributed by atoms with Gasteiger partial charge in [0.05, 0.1) is 28.7 Å². The Morgan fingerprint density at radius 3 is 2.65 bits per heavy atom. The lowest BCUT2D eigenvalue weighted by Crippen LogP contribution is -2.11. The van der Waals surface area contributed by atoms with E-state index >= 15 is 0 Å². The summed E-state index contributed by atoms with van der Waals surface area (Å²) in [5, 5.41) is 17.6. The van der Waals surface area contributed by atoms with E-state index in [1.165, 1.54) is 6.20 Å². The molecule has 0 aliphatic carbocycles. The van der Waals surface area contributed by atoms with Crippen LogP contribution in [0.4, 0.5) is 23.1 Å². The number of nitrogens with one attached hydrogen (secondary N) is 3. The highest BCUT2D eigenvalue weighted by atomic mass is 35.5. The number of rotatable bonds is 5. The molecule has 0 unspecified atom stereocenters. The Morgan fingerprint density at radius 1 is 1.13 bits per heavy atom. The largest absolute Gasteiger partial charge is 0.358 e. The van der Waals surface area contributed by atoms with Gasteiger partial charge in [0, 0.05) is 16.9 Å². The molecule has 0 amide bonds. The van der Waals surface area contributed by atoms with E-state index in [-0.39, 0.29) is 0 Å². The van der Waals surface area contributed by atoms with Crippen LogP contribution in [-0.4, -0.2) is 28.3 Å². The summed E-state index contributed by atoms with van der Waals surface area (Å²) < 4.78 is 12.7. The number of H-pyrrole nitrogens is 1. The Bertz CT molecular complexity index is 1380. The summed E-state index contributed by atoms with van der Waals surface area (Å²) in [4.78, 5) is 11.9. The maximum Gasteiger partial charge on any atom is 0.229 e. The van der Waals surface area contributed by atoms with Crippen LogP contribution in [0.15, 0.2) is 48.8 Å². The molecule has 9 heteroatoms. The monoisotopic (exact) mass is 450 g/mol. The predicted octanol–water partition coefficient (Wildman–Crippen LogP) is 5.53. The van der Waals surface area contributed by atoms with E-state index in [1.807, 2.05) is 43.3 Å². The van der Waals surface area contributed by atoms with Crippen LogP contribution in [0.25, 0.3) is 10.9 Å². The molecule has 0 fully saturated rings. The number of anilines is 4. The fraction of sp³-hybridized carbons (Fsp3) is 0.136. The molecule has 0 saturated heterocycles. The van der Waals surface area contributed by atoms with E-state index in [2.05, 4.69) is 31.7 Å². The highest BCUT2D eigenvalue weighted by Crippen LogP contribution is 2.38. The van der Waals surface area contributed by atoms with Gasteiger partial charge in [-0.25, -0.2) is 4.98 Å². The fourth-order valence-corrected chi connectivity index (χ4v) is 4.72. The average Bonchev–Trinajstić information content (AvgIpc) is 3.17. The minimum atomic E-state index is -2.50. The number of halogens is 1. The van der Waals surface area contributed by atoms with Gasteiger partial charge in [-0.1, -0.05) is 29.8 Å². The third-order valence-electron chi connectivity index (χ3n) is 4.89. The van der Waals surface area contributed by atoms with Crippen molar-refractivity contribution in [3.63, 3.8) is 0 Å². The van der Waals surface area contributed by atoms with Crippen LogP contribution in [0.3, 0.4) is 0 Å². The third kappa shape index (κ3) is 4.13. The number of nitriles is 1. The molecule has 3 N–H and O–H groups in total. The Kier molecular flexibility index (Phi) is 5.45. The molecule has 31 heavy (non-hydrogen) atoms. The minimum Gasteiger partial charge on any atom is -0.358 e. The smallest absolute Gasteiger partial charge is 0.229 e. The van der Waals surface area contributed by atoms with Gasteiger partial charge in [0.1, 0.15) is 18.2 Å². The van der Waals surface area contributed by atoms with Crippen LogP contribution in [0.1, 0.15) is 11.1 Å². The van der Waals surface area contributed by atoms with Crippen LogP contribution in [0, 0.1) is 18.3 Å². The molecule has 2 aromatic heterocycles. The van der Waals surface area contributed by atoms with Gasteiger partial charge >= 0.3 is 0 Å². The Labute approximate surface area is 184 Å². The molecular formula is C22H20ClN6OP. The summed E-state index contributed by atoms with van der Waals surface area (Å²) in [5.41, 5.74) is 3.80. The SMILES string of the molecule is Cc1ccc(Nc2ncc(Cl)c(Nc3ccccc3P(C)(C)=O)n2)c2[nH]cc(C#N)c12. The number of benzene rings is 2. The average molecular weight is 451 g/mol. The Hall–Kier alpha value is -3.33. The molecule has 4 rings (SSSR count). The standard InChI is InChI=1S/C22H20ClN6OP/c1-13-8-9-17(20-19(13)14(10-24)11-25-20)28-22-26-12-15(23)21(29-22)27-16-6-4-5-7-18(16)31(2,3)30/h4-9,11-12,25H,1-3H3,(H2,26,27,28,29). The van der Waals surface area contributed by atoms with E-state index in [0.717, 1.165) is 27.5 Å². The molecule has 4 aromatic rings. The van der Waals surface area contributed by atoms with E-state index in [4.69, 9.17) is 11.6 Å². The maximum atomic E-state index is 12.7. The van der Waals surface area contributed by atoms with Crippen molar-refractivity contribution in [2.45, 2.75) is 6.92 Å². The molecule has 0 atom stereocenters. The number of fused-ring (bicyclic) bond motifs is 1. The van der Waals surface area contributed by atoms with Crippen LogP contribution in [-0.2, 0) is 4.57 Å². The summed E-state index contributed by atoms with van der Waals surface area (Å²) in [7, 11) is -2.50. The molecule has 2 heterocycles. The van der Waals surface area contributed by atoms with Crippen molar-refractivity contribution in [3.05, 3.63) is 64.9 Å². The molecule has 0 spiro atoms. The van der Waals surface area contributed by atoms with Gasteiger partial charge < -0.3 is 20.2 Å². The van der Waals surface area contributed by atoms with Crippen LogP contribution in [0.2, 0.25) is 5.02 Å². The van der Waals surface area contributed by atoms with Crippen molar-refractivity contribution in [1.29, 1.82) is 5.26 Å². The molecule has 0 radical (unpaired) electrons. The van der Waals surface area contributed by atoms with Crippen LogP contribution >= 0.6 is 18.7 Å². The van der Waals surface area contributed by atoms with Gasteiger partial charge in [-0.05, 0) is 44.0 Å². The predicted molar refractivity (Wildman–Crippen MR) is 127 cm³/mol. The normalized spacial score (nSPS) is 11.3. The lowest BCUT2D eigenvalue weighted by molar-refractivity contribution is 0.588. The number of aromatic amines is 1. The fourth-order valence-electron chi connectivity index (χ4n) is 3.42. The van der Waals surface area contributed by atoms with Gasteiger partial charge in [-0.3, -0.25) is 0 Å². The maximum absolute atomic E-state index is 12.7. The van der Waals surface area contributed by atoms with Crippen molar-refractivity contribution in [2.75, 3.05) is 24.0 Å². The summed E-state index contributed by atoms with van der Waals surface area (Å²) >= 11 is 6.33. The van der Waals surface area contributed by atoms with Crippen molar-refractivity contribution in [3.8, 4) is 6.07 Å². The molecular weight excluding hydrogens is 431 g/mol. The topological polar surface area (TPSA) is 106 Å². The number of para-hydroxylation sites is 1. The van der Waals surface area contributed by atoms with E-state index in [0.29, 0.717) is 28.0 Å². The van der Waals surface area contributed by atoms with Gasteiger partial charge in [-0.2, -0.15) is 10.2 Å². The number of aryl methyl sites for hydroxylation is 1. The van der Waals surface area contributed by atoms with E-state index in [1.54, 1.807) is 19.5 Å². The second-order valence-corrected chi connectivity index (χ2v) is 11.1. The minimum absolute atomic E-state index is 0.332. The summed E-state index contributed by atoms with van der Waals surface area (Å²) in [5.74, 6) is 0.728. The highest BCUT2D eigenvalue weighted by Gasteiger charge is 2.17. The Balaban J connectivity index is 1.70. The van der Waals surface area contributed by atoms with Gasteiger partial charge in [0.25, 0.3) is 0 Å². The van der Waals surface area contributed by atoms with Gasteiger partial charge in [0.2, 0.25) is 5.95 Å². The van der Waals surface area contributed by atoms with E-state index in [9.17, 15) is 9.83 Å². The summed E-state index contributed by atoms with van der Waals surface area (Å²) in [6.45, 7) is 5.40. The first-order chi connectivity index (χ1) is 14.8. The van der Waals surface area contributed by atoms with Crippen molar-refractivity contribution in [1.82, 2.24) is 15.0 Å². The number of nitrogens with zero attached hydrogens (tertiary/aromatic N) is 3. The highest BCUT2D eigenvalue weighted by molar-refractivity contribution is 7.70. The second kappa shape index (κ2) is 8.07. The first-order valence-electron chi connectivity index (χ1n) is 9.50. The molecule has 0 bridgehead atoms. The number of aromatic nitrogens is 3.